The first-order chi connectivity index (χ1) is 9.57. The molecule has 20 heavy (non-hydrogen) atoms. The standard InChI is InChI=1S/C17H17BrFN/c1-12-3-2-4-14(5-12)17(10-20-11-17)9-13-6-15(18)8-16(19)7-13/h2-8,20H,9-11H2,1H3. The van der Waals surface area contributed by atoms with Gasteiger partial charge in [0.25, 0.3) is 0 Å². The highest BCUT2D eigenvalue weighted by molar-refractivity contribution is 9.10. The van der Waals surface area contributed by atoms with E-state index in [1.54, 1.807) is 6.07 Å². The van der Waals surface area contributed by atoms with Crippen molar-refractivity contribution in [3.8, 4) is 0 Å². The van der Waals surface area contributed by atoms with Gasteiger partial charge in [0.2, 0.25) is 0 Å². The molecule has 0 atom stereocenters. The summed E-state index contributed by atoms with van der Waals surface area (Å²) in [5.74, 6) is -0.180. The van der Waals surface area contributed by atoms with Crippen molar-refractivity contribution in [1.82, 2.24) is 5.32 Å². The topological polar surface area (TPSA) is 12.0 Å². The molecule has 3 heteroatoms. The van der Waals surface area contributed by atoms with Crippen LogP contribution in [-0.4, -0.2) is 13.1 Å². The number of rotatable bonds is 3. The monoisotopic (exact) mass is 333 g/mol. The van der Waals surface area contributed by atoms with E-state index in [2.05, 4.69) is 52.4 Å². The second-order valence-corrected chi connectivity index (χ2v) is 6.62. The molecule has 2 aromatic carbocycles. The molecule has 1 saturated heterocycles. The van der Waals surface area contributed by atoms with E-state index in [1.807, 2.05) is 6.07 Å². The molecule has 1 N–H and O–H groups in total. The lowest BCUT2D eigenvalue weighted by molar-refractivity contribution is 0.274. The van der Waals surface area contributed by atoms with Gasteiger partial charge in [-0.2, -0.15) is 0 Å². The molecular formula is C17H17BrFN. The van der Waals surface area contributed by atoms with Crippen molar-refractivity contribution in [2.75, 3.05) is 13.1 Å². The first-order valence-electron chi connectivity index (χ1n) is 6.80. The van der Waals surface area contributed by atoms with Crippen LogP contribution < -0.4 is 5.32 Å². The summed E-state index contributed by atoms with van der Waals surface area (Å²) in [6.07, 6.45) is 0.861. The molecule has 1 heterocycles. The van der Waals surface area contributed by atoms with Crippen LogP contribution in [0.2, 0.25) is 0 Å². The van der Waals surface area contributed by atoms with Crippen LogP contribution in [0.4, 0.5) is 4.39 Å². The zero-order valence-electron chi connectivity index (χ0n) is 11.4. The largest absolute Gasteiger partial charge is 0.315 e. The van der Waals surface area contributed by atoms with Crippen molar-refractivity contribution < 1.29 is 4.39 Å². The van der Waals surface area contributed by atoms with E-state index < -0.39 is 0 Å². The Morgan fingerprint density at radius 3 is 2.60 bits per heavy atom. The van der Waals surface area contributed by atoms with Gasteiger partial charge >= 0.3 is 0 Å². The highest BCUT2D eigenvalue weighted by Crippen LogP contribution is 2.33. The number of benzene rings is 2. The Kier molecular flexibility index (Phi) is 3.65. The van der Waals surface area contributed by atoms with Crippen LogP contribution in [0.1, 0.15) is 16.7 Å². The molecule has 1 nitrogen and oxygen atoms in total. The lowest BCUT2D eigenvalue weighted by atomic mass is 9.71. The summed E-state index contributed by atoms with van der Waals surface area (Å²) < 4.78 is 14.4. The van der Waals surface area contributed by atoms with Crippen molar-refractivity contribution in [3.05, 3.63) is 69.4 Å². The summed E-state index contributed by atoms with van der Waals surface area (Å²) in [5.41, 5.74) is 3.75. The average molecular weight is 334 g/mol. The summed E-state index contributed by atoms with van der Waals surface area (Å²) in [5, 5.41) is 3.36. The van der Waals surface area contributed by atoms with E-state index in [0.29, 0.717) is 0 Å². The summed E-state index contributed by atoms with van der Waals surface area (Å²) in [6, 6.07) is 13.8. The maximum atomic E-state index is 13.5. The van der Waals surface area contributed by atoms with E-state index in [9.17, 15) is 4.39 Å². The van der Waals surface area contributed by atoms with Crippen LogP contribution in [0, 0.1) is 12.7 Å². The number of halogens is 2. The number of hydrogen-bond donors (Lipinski definition) is 1. The molecule has 0 spiro atoms. The van der Waals surface area contributed by atoms with Crippen LogP contribution in [0.5, 0.6) is 0 Å². The lowest BCUT2D eigenvalue weighted by Gasteiger charge is -2.43. The molecule has 1 aliphatic heterocycles. The van der Waals surface area contributed by atoms with E-state index in [1.165, 1.54) is 17.2 Å². The molecule has 1 aliphatic rings. The molecule has 0 aliphatic carbocycles. The minimum absolute atomic E-state index is 0.0965. The third-order valence-corrected chi connectivity index (χ3v) is 4.48. The van der Waals surface area contributed by atoms with Crippen LogP contribution >= 0.6 is 15.9 Å². The molecule has 0 amide bonds. The molecule has 1 fully saturated rings. The van der Waals surface area contributed by atoms with E-state index in [0.717, 1.165) is 29.5 Å². The van der Waals surface area contributed by atoms with Crippen molar-refractivity contribution >= 4 is 15.9 Å². The lowest BCUT2D eigenvalue weighted by Crippen LogP contribution is -2.58. The molecule has 3 rings (SSSR count). The predicted octanol–water partition coefficient (Wildman–Crippen LogP) is 3.98. The van der Waals surface area contributed by atoms with Crippen LogP contribution in [-0.2, 0) is 11.8 Å². The Hall–Kier alpha value is -1.19. The van der Waals surface area contributed by atoms with Gasteiger partial charge in [0.15, 0.2) is 0 Å². The van der Waals surface area contributed by atoms with Crippen molar-refractivity contribution in [2.45, 2.75) is 18.8 Å². The van der Waals surface area contributed by atoms with E-state index in [-0.39, 0.29) is 11.2 Å². The van der Waals surface area contributed by atoms with Gasteiger partial charge in [0.05, 0.1) is 0 Å². The summed E-state index contributed by atoms with van der Waals surface area (Å²) in [7, 11) is 0. The molecule has 0 saturated carbocycles. The van der Waals surface area contributed by atoms with E-state index >= 15 is 0 Å². The highest BCUT2D eigenvalue weighted by Gasteiger charge is 2.38. The minimum atomic E-state index is -0.180. The summed E-state index contributed by atoms with van der Waals surface area (Å²) in [6.45, 7) is 4.01. The van der Waals surface area contributed by atoms with Gasteiger partial charge in [0, 0.05) is 23.0 Å². The molecule has 0 unspecified atom stereocenters. The Morgan fingerprint density at radius 1 is 1.20 bits per heavy atom. The fourth-order valence-electron chi connectivity index (χ4n) is 2.94. The molecular weight excluding hydrogens is 317 g/mol. The number of aryl methyl sites for hydroxylation is 1. The van der Waals surface area contributed by atoms with Crippen LogP contribution in [0.3, 0.4) is 0 Å². The Labute approximate surface area is 127 Å². The molecule has 0 radical (unpaired) electrons. The van der Waals surface area contributed by atoms with Crippen LogP contribution in [0.15, 0.2) is 46.9 Å². The second kappa shape index (κ2) is 5.30. The van der Waals surface area contributed by atoms with Gasteiger partial charge in [-0.3, -0.25) is 0 Å². The van der Waals surface area contributed by atoms with Crippen molar-refractivity contribution in [1.29, 1.82) is 0 Å². The molecule has 0 bridgehead atoms. The fourth-order valence-corrected chi connectivity index (χ4v) is 3.45. The van der Waals surface area contributed by atoms with Gasteiger partial charge in [-0.05, 0) is 42.7 Å². The van der Waals surface area contributed by atoms with E-state index in [4.69, 9.17) is 0 Å². The van der Waals surface area contributed by atoms with Crippen molar-refractivity contribution in [2.24, 2.45) is 0 Å². The van der Waals surface area contributed by atoms with Gasteiger partial charge in [-0.15, -0.1) is 0 Å². The zero-order chi connectivity index (χ0) is 14.2. The smallest absolute Gasteiger partial charge is 0.124 e. The SMILES string of the molecule is Cc1cccc(C2(Cc3cc(F)cc(Br)c3)CNC2)c1. The first kappa shape index (κ1) is 13.8. The summed E-state index contributed by atoms with van der Waals surface area (Å²) in [4.78, 5) is 0. The predicted molar refractivity (Wildman–Crippen MR) is 83.5 cm³/mol. The Bertz CT molecular complexity index is 614. The zero-order valence-corrected chi connectivity index (χ0v) is 13.0. The van der Waals surface area contributed by atoms with Crippen molar-refractivity contribution in [3.63, 3.8) is 0 Å². The number of hydrogen-bond acceptors (Lipinski definition) is 1. The highest BCUT2D eigenvalue weighted by atomic mass is 79.9. The second-order valence-electron chi connectivity index (χ2n) is 5.71. The number of nitrogens with one attached hydrogen (secondary N) is 1. The Morgan fingerprint density at radius 2 is 2.00 bits per heavy atom. The van der Waals surface area contributed by atoms with Gasteiger partial charge in [0.1, 0.15) is 5.82 Å². The van der Waals surface area contributed by atoms with Gasteiger partial charge < -0.3 is 5.32 Å². The fraction of sp³-hybridized carbons (Fsp3) is 0.294. The quantitative estimate of drug-likeness (QED) is 0.895. The molecule has 0 aromatic heterocycles. The maximum absolute atomic E-state index is 13.5. The maximum Gasteiger partial charge on any atom is 0.124 e. The van der Waals surface area contributed by atoms with Crippen LogP contribution in [0.25, 0.3) is 0 Å². The normalized spacial score (nSPS) is 16.8. The third-order valence-electron chi connectivity index (χ3n) is 4.02. The first-order valence-corrected chi connectivity index (χ1v) is 7.60. The average Bonchev–Trinajstić information content (AvgIpc) is 2.32. The van der Waals surface area contributed by atoms with Gasteiger partial charge in [-0.1, -0.05) is 45.8 Å². The summed E-state index contributed by atoms with van der Waals surface area (Å²) >= 11 is 3.37. The Balaban J connectivity index is 1.93. The molecule has 2 aromatic rings. The minimum Gasteiger partial charge on any atom is -0.315 e. The molecule has 104 valence electrons. The van der Waals surface area contributed by atoms with Gasteiger partial charge in [-0.25, -0.2) is 4.39 Å². The third kappa shape index (κ3) is 2.65.